The van der Waals surface area contributed by atoms with Gasteiger partial charge in [0.1, 0.15) is 29.0 Å². The van der Waals surface area contributed by atoms with Gasteiger partial charge < -0.3 is 24.9 Å². The number of primary amides is 1. The number of imidazole rings is 1. The summed E-state index contributed by atoms with van der Waals surface area (Å²) in [5.74, 6) is -0.294. The van der Waals surface area contributed by atoms with Crippen LogP contribution in [0.3, 0.4) is 0 Å². The maximum absolute atomic E-state index is 15.0. The van der Waals surface area contributed by atoms with Gasteiger partial charge in [-0.3, -0.25) is 9.69 Å². The minimum atomic E-state index is -1.05. The number of para-hydroxylation sites is 1. The van der Waals surface area contributed by atoms with Crippen LogP contribution in [0.15, 0.2) is 54.6 Å². The number of nitrogens with two attached hydrogens (primary N) is 1. The number of carboxylic acid groups (broad SMARTS) is 1. The molecule has 46 heavy (non-hydrogen) atoms. The number of ether oxygens (including phenoxy) is 2. The second-order valence-electron chi connectivity index (χ2n) is 12.4. The molecule has 4 aliphatic rings. The third kappa shape index (κ3) is 5.19. The Labute approximate surface area is 266 Å². The van der Waals surface area contributed by atoms with Crippen molar-refractivity contribution in [3.63, 3.8) is 0 Å². The van der Waals surface area contributed by atoms with Crippen molar-refractivity contribution in [2.75, 3.05) is 19.7 Å². The van der Waals surface area contributed by atoms with Crippen LogP contribution in [-0.4, -0.2) is 71.7 Å². The highest BCUT2D eigenvalue weighted by molar-refractivity contribution is 6.53. The van der Waals surface area contributed by atoms with E-state index in [9.17, 15) is 19.1 Å². The standard InChI is InChI=1S/C34H32FN5O5Si/c35-23-16-20(31(36)41)4-6-22(23)26-9-5-19-2-1-3-21(29(19)45-26)18-10-13-39(14-11-18)17-28-37-24-7-8-25(34(42)43)38-32(24)40(28)33-30(46-33)27-12-15-44-27/h1-9,16,18,26-27,30,33H,10-15,17H2,(H2,36,41)(H,42,43)/t26?,27?,30?,33-/m1/s1. The summed E-state index contributed by atoms with van der Waals surface area (Å²) < 4.78 is 29.4. The van der Waals surface area contributed by atoms with Gasteiger partial charge in [-0.25, -0.2) is 19.2 Å². The molecule has 6 heterocycles. The van der Waals surface area contributed by atoms with E-state index in [1.54, 1.807) is 12.1 Å². The zero-order valence-electron chi connectivity index (χ0n) is 24.9. The van der Waals surface area contributed by atoms with Crippen molar-refractivity contribution >= 4 is 38.6 Å². The number of carbonyl (C=O) groups is 2. The first-order valence-electron chi connectivity index (χ1n) is 15.6. The number of aromatic carboxylic acids is 1. The van der Waals surface area contributed by atoms with E-state index in [2.05, 4.69) is 20.5 Å². The topological polar surface area (TPSA) is 133 Å². The maximum atomic E-state index is 15.0. The van der Waals surface area contributed by atoms with Gasteiger partial charge in [0.25, 0.3) is 0 Å². The van der Waals surface area contributed by atoms with E-state index in [0.717, 1.165) is 73.2 Å². The normalized spacial score (nSPS) is 24.3. The highest BCUT2D eigenvalue weighted by Crippen LogP contribution is 2.49. The fourth-order valence-corrected chi connectivity index (χ4v) is 8.51. The molecule has 4 aromatic rings. The first-order valence-corrected chi connectivity index (χ1v) is 16.8. The summed E-state index contributed by atoms with van der Waals surface area (Å²) in [6, 6.07) is 13.7. The molecule has 4 atom stereocenters. The minimum Gasteiger partial charge on any atom is -0.481 e. The number of hydrogen-bond donors (Lipinski definition) is 2. The number of piperidine rings is 1. The Hall–Kier alpha value is -4.39. The lowest BCUT2D eigenvalue weighted by Crippen LogP contribution is -2.33. The number of amides is 1. The quantitative estimate of drug-likeness (QED) is 0.266. The summed E-state index contributed by atoms with van der Waals surface area (Å²) in [5.41, 5.74) is 9.93. The van der Waals surface area contributed by atoms with Gasteiger partial charge in [0.05, 0.1) is 22.2 Å². The zero-order chi connectivity index (χ0) is 31.5. The van der Waals surface area contributed by atoms with Gasteiger partial charge in [-0.15, -0.1) is 0 Å². The molecule has 3 N–H and O–H groups in total. The molecule has 0 bridgehead atoms. The molecule has 3 unspecified atom stereocenters. The van der Waals surface area contributed by atoms with E-state index < -0.39 is 23.8 Å². The van der Waals surface area contributed by atoms with Crippen molar-refractivity contribution in [2.45, 2.75) is 55.1 Å². The van der Waals surface area contributed by atoms with Gasteiger partial charge >= 0.3 is 5.97 Å². The lowest BCUT2D eigenvalue weighted by molar-refractivity contribution is -0.0494. The third-order valence-electron chi connectivity index (χ3n) is 9.59. The molecule has 0 spiro atoms. The molecule has 3 fully saturated rings. The molecular weight excluding hydrogens is 605 g/mol. The molecule has 0 saturated carbocycles. The molecule has 2 radical (unpaired) electrons. The minimum absolute atomic E-state index is 0.0253. The average molecular weight is 638 g/mol. The van der Waals surface area contributed by atoms with Crippen LogP contribution in [0, 0.1) is 5.82 Å². The maximum Gasteiger partial charge on any atom is 0.354 e. The van der Waals surface area contributed by atoms with Crippen LogP contribution in [0.25, 0.3) is 17.2 Å². The van der Waals surface area contributed by atoms with Crippen LogP contribution in [0.1, 0.15) is 80.3 Å². The number of nitrogens with zero attached hydrogens (tertiary/aromatic N) is 4. The number of likely N-dealkylation sites (tertiary alicyclic amines) is 1. The van der Waals surface area contributed by atoms with E-state index in [4.69, 9.17) is 20.2 Å². The highest BCUT2D eigenvalue weighted by atomic mass is 28.2. The fourth-order valence-electron chi connectivity index (χ4n) is 6.97. The summed E-state index contributed by atoms with van der Waals surface area (Å²) in [7, 11) is 0.704. The molecule has 12 heteroatoms. The molecule has 3 saturated heterocycles. The Morgan fingerprint density at radius 2 is 1.89 bits per heavy atom. The van der Waals surface area contributed by atoms with E-state index in [-0.39, 0.29) is 28.9 Å². The van der Waals surface area contributed by atoms with E-state index in [1.807, 2.05) is 24.3 Å². The molecule has 10 nitrogen and oxygen atoms in total. The second-order valence-corrected chi connectivity index (χ2v) is 14.0. The molecule has 8 rings (SSSR count). The van der Waals surface area contributed by atoms with Crippen LogP contribution in [0.4, 0.5) is 4.39 Å². The van der Waals surface area contributed by atoms with Gasteiger partial charge in [-0.1, -0.05) is 30.3 Å². The van der Waals surface area contributed by atoms with Crippen LogP contribution in [-0.2, 0) is 11.3 Å². The van der Waals surface area contributed by atoms with Gasteiger partial charge in [-0.05, 0) is 79.7 Å². The summed E-state index contributed by atoms with van der Waals surface area (Å²) in [6.07, 6.45) is 6.36. The van der Waals surface area contributed by atoms with Crippen molar-refractivity contribution in [3.05, 3.63) is 94.2 Å². The van der Waals surface area contributed by atoms with Crippen molar-refractivity contribution in [1.29, 1.82) is 0 Å². The SMILES string of the molecule is NC(=O)c1ccc(C2C=Cc3cccc(C4CCN(Cc5nc6ccc(C(=O)O)nc6n5[C@@H]5[Si]C5C5CCO5)CC4)c3O2)c(F)c1. The first kappa shape index (κ1) is 29.0. The predicted octanol–water partition coefficient (Wildman–Crippen LogP) is 4.69. The van der Waals surface area contributed by atoms with Gasteiger partial charge in [0.15, 0.2) is 11.3 Å². The number of carbonyl (C=O) groups excluding carboxylic acids is 1. The second kappa shape index (κ2) is 11.4. The lowest BCUT2D eigenvalue weighted by atomic mass is 9.87. The third-order valence-corrected chi connectivity index (χ3v) is 11.2. The van der Waals surface area contributed by atoms with E-state index in [1.165, 1.54) is 12.1 Å². The number of halogens is 1. The highest BCUT2D eigenvalue weighted by Gasteiger charge is 2.49. The smallest absolute Gasteiger partial charge is 0.354 e. The van der Waals surface area contributed by atoms with Crippen LogP contribution in [0.2, 0.25) is 5.54 Å². The van der Waals surface area contributed by atoms with Crippen molar-refractivity contribution in [1.82, 2.24) is 19.4 Å². The number of fused-ring (bicyclic) bond motifs is 2. The number of carboxylic acids is 1. The molecular formula is C34H32FN5O5Si. The van der Waals surface area contributed by atoms with Gasteiger partial charge in [0.2, 0.25) is 5.91 Å². The number of aromatic nitrogens is 3. The molecule has 1 amide bonds. The molecule has 234 valence electrons. The average Bonchev–Trinajstić information content (AvgIpc) is 3.70. The van der Waals surface area contributed by atoms with Crippen LogP contribution >= 0.6 is 0 Å². The number of pyridine rings is 1. The Kier molecular flexibility index (Phi) is 7.22. The van der Waals surface area contributed by atoms with E-state index >= 15 is 0 Å². The predicted molar refractivity (Wildman–Crippen MR) is 168 cm³/mol. The molecule has 2 aromatic carbocycles. The largest absolute Gasteiger partial charge is 0.481 e. The molecule has 0 aliphatic carbocycles. The summed E-state index contributed by atoms with van der Waals surface area (Å²) in [6.45, 7) is 3.17. The summed E-state index contributed by atoms with van der Waals surface area (Å²) in [4.78, 5) is 35.1. The van der Waals surface area contributed by atoms with Gasteiger partial charge in [-0.2, -0.15) is 0 Å². The zero-order valence-corrected chi connectivity index (χ0v) is 25.9. The molecule has 4 aliphatic heterocycles. The van der Waals surface area contributed by atoms with Crippen LogP contribution < -0.4 is 10.5 Å². The number of hydrogen-bond acceptors (Lipinski definition) is 7. The Morgan fingerprint density at radius 1 is 1.07 bits per heavy atom. The first-order chi connectivity index (χ1) is 22.3. The fraction of sp³-hybridized carbons (Fsp3) is 0.353. The van der Waals surface area contributed by atoms with Crippen molar-refractivity contribution in [2.24, 2.45) is 5.73 Å². The molecule has 2 aromatic heterocycles. The monoisotopic (exact) mass is 637 g/mol. The van der Waals surface area contributed by atoms with Crippen molar-refractivity contribution in [3.8, 4) is 5.75 Å². The summed E-state index contributed by atoms with van der Waals surface area (Å²) >= 11 is 0. The number of rotatable bonds is 8. The van der Waals surface area contributed by atoms with Crippen molar-refractivity contribution < 1.29 is 28.6 Å². The Morgan fingerprint density at radius 3 is 2.61 bits per heavy atom. The lowest BCUT2D eigenvalue weighted by Gasteiger charge is -2.34. The number of benzene rings is 2. The Balaban J connectivity index is 0.996. The van der Waals surface area contributed by atoms with Crippen LogP contribution in [0.5, 0.6) is 5.75 Å². The van der Waals surface area contributed by atoms with Gasteiger partial charge in [0, 0.05) is 29.0 Å². The van der Waals surface area contributed by atoms with E-state index in [0.29, 0.717) is 32.8 Å². The summed E-state index contributed by atoms with van der Waals surface area (Å²) in [5, 5.41) is 9.59. The Bertz CT molecular complexity index is 1900.